The van der Waals surface area contributed by atoms with Crippen molar-refractivity contribution in [3.05, 3.63) is 59.9 Å². The second kappa shape index (κ2) is 9.32. The summed E-state index contributed by atoms with van der Waals surface area (Å²) in [5.74, 6) is -1.20. The van der Waals surface area contributed by atoms with Crippen LogP contribution in [-0.2, 0) is 22.7 Å². The lowest BCUT2D eigenvalue weighted by atomic mass is 9.88. The summed E-state index contributed by atoms with van der Waals surface area (Å²) < 4.78 is 5.39. The van der Waals surface area contributed by atoms with Crippen molar-refractivity contribution in [2.24, 2.45) is 11.8 Å². The van der Waals surface area contributed by atoms with E-state index in [1.54, 1.807) is 13.3 Å². The van der Waals surface area contributed by atoms with Crippen LogP contribution in [0.5, 0.6) is 5.75 Å². The highest BCUT2D eigenvalue weighted by molar-refractivity contribution is 5.80. The third-order valence-corrected chi connectivity index (χ3v) is 5.00. The van der Waals surface area contributed by atoms with Crippen LogP contribution in [0.1, 0.15) is 17.7 Å². The van der Waals surface area contributed by atoms with E-state index in [1.165, 1.54) is 0 Å². The minimum absolute atomic E-state index is 0.137. The monoisotopic (exact) mass is 383 g/mol. The number of amides is 1. The second-order valence-corrected chi connectivity index (χ2v) is 7.01. The second-order valence-electron chi connectivity index (χ2n) is 7.01. The first-order valence-corrected chi connectivity index (χ1v) is 9.31. The first-order chi connectivity index (χ1) is 13.6. The number of aliphatic carboxylic acids is 1. The number of likely N-dealkylation sites (tertiary alicyclic amines) is 1. The Hall–Kier alpha value is -2.93. The average molecular weight is 383 g/mol. The molecule has 3 rings (SSSR count). The Kier molecular flexibility index (Phi) is 6.60. The number of ether oxygens (including phenoxy) is 1. The third-order valence-electron chi connectivity index (χ3n) is 5.00. The van der Waals surface area contributed by atoms with Crippen LogP contribution in [0.3, 0.4) is 0 Å². The van der Waals surface area contributed by atoms with Crippen molar-refractivity contribution in [1.29, 1.82) is 0 Å². The zero-order valence-electron chi connectivity index (χ0n) is 15.9. The fourth-order valence-electron chi connectivity index (χ4n) is 3.59. The SMILES string of the molecule is COc1ccccc1CN1C[C@@H](C(=O)O)C[C@H](C(=O)NCc2ccccn2)C1. The number of carbonyl (C=O) groups excluding carboxylic acids is 1. The van der Waals surface area contributed by atoms with E-state index in [-0.39, 0.29) is 11.8 Å². The molecule has 2 atom stereocenters. The van der Waals surface area contributed by atoms with E-state index in [1.807, 2.05) is 47.4 Å². The van der Waals surface area contributed by atoms with Crippen molar-refractivity contribution in [2.75, 3.05) is 20.2 Å². The quantitative estimate of drug-likeness (QED) is 0.759. The van der Waals surface area contributed by atoms with Crippen molar-refractivity contribution in [1.82, 2.24) is 15.2 Å². The van der Waals surface area contributed by atoms with Crippen LogP contribution in [0.4, 0.5) is 0 Å². The van der Waals surface area contributed by atoms with Gasteiger partial charge in [-0.15, -0.1) is 0 Å². The number of benzene rings is 1. The zero-order chi connectivity index (χ0) is 19.9. The van der Waals surface area contributed by atoms with Gasteiger partial charge in [-0.25, -0.2) is 0 Å². The molecule has 1 aromatic carbocycles. The lowest BCUT2D eigenvalue weighted by Gasteiger charge is -2.35. The fourth-order valence-corrected chi connectivity index (χ4v) is 3.59. The zero-order valence-corrected chi connectivity index (χ0v) is 15.9. The maximum Gasteiger partial charge on any atom is 0.307 e. The number of para-hydroxylation sites is 1. The van der Waals surface area contributed by atoms with Gasteiger partial charge in [0.15, 0.2) is 0 Å². The first kappa shape index (κ1) is 19.8. The van der Waals surface area contributed by atoms with Gasteiger partial charge < -0.3 is 15.2 Å². The molecule has 7 nitrogen and oxygen atoms in total. The Labute approximate surface area is 164 Å². The molecule has 7 heteroatoms. The number of carbonyl (C=O) groups is 2. The summed E-state index contributed by atoms with van der Waals surface area (Å²) in [4.78, 5) is 30.5. The number of carboxylic acids is 1. The Morgan fingerprint density at radius 1 is 1.18 bits per heavy atom. The lowest BCUT2D eigenvalue weighted by molar-refractivity contribution is -0.145. The van der Waals surface area contributed by atoms with Crippen LogP contribution in [0.25, 0.3) is 0 Å². The van der Waals surface area contributed by atoms with Crippen LogP contribution in [0, 0.1) is 11.8 Å². The third kappa shape index (κ3) is 5.07. The summed E-state index contributed by atoms with van der Waals surface area (Å²) in [6.07, 6.45) is 2.02. The number of rotatable bonds is 7. The molecule has 2 aromatic rings. The largest absolute Gasteiger partial charge is 0.496 e. The van der Waals surface area contributed by atoms with Gasteiger partial charge in [-0.1, -0.05) is 24.3 Å². The Morgan fingerprint density at radius 3 is 2.64 bits per heavy atom. The number of carboxylic acid groups (broad SMARTS) is 1. The Morgan fingerprint density at radius 2 is 1.93 bits per heavy atom. The van der Waals surface area contributed by atoms with E-state index in [2.05, 4.69) is 10.3 Å². The summed E-state index contributed by atoms with van der Waals surface area (Å²) in [5, 5.41) is 12.4. The van der Waals surface area contributed by atoms with Gasteiger partial charge >= 0.3 is 5.97 Å². The highest BCUT2D eigenvalue weighted by Gasteiger charge is 2.35. The van der Waals surface area contributed by atoms with Gasteiger partial charge in [-0.2, -0.15) is 0 Å². The molecule has 0 saturated carbocycles. The van der Waals surface area contributed by atoms with Crippen LogP contribution >= 0.6 is 0 Å². The van der Waals surface area contributed by atoms with Crippen molar-refractivity contribution in [3.8, 4) is 5.75 Å². The van der Waals surface area contributed by atoms with Gasteiger partial charge in [-0.3, -0.25) is 19.5 Å². The number of nitrogens with one attached hydrogen (secondary N) is 1. The molecule has 2 heterocycles. The highest BCUT2D eigenvalue weighted by Crippen LogP contribution is 2.26. The fraction of sp³-hybridized carbons (Fsp3) is 0.381. The molecule has 0 bridgehead atoms. The standard InChI is InChI=1S/C21H25N3O4/c1-28-19-8-3-2-6-15(19)12-24-13-16(10-17(14-24)21(26)27)20(25)23-11-18-7-4-5-9-22-18/h2-9,16-17H,10-14H2,1H3,(H,23,25)(H,26,27)/t16-,17-/m0/s1. The van der Waals surface area contributed by atoms with Gasteiger partial charge in [0.1, 0.15) is 5.75 Å². The number of aromatic nitrogens is 1. The highest BCUT2D eigenvalue weighted by atomic mass is 16.5. The van der Waals surface area contributed by atoms with Crippen LogP contribution in [-0.4, -0.2) is 47.1 Å². The molecule has 1 aromatic heterocycles. The summed E-state index contributed by atoms with van der Waals surface area (Å²) in [5.41, 5.74) is 1.75. The van der Waals surface area contributed by atoms with E-state index in [0.29, 0.717) is 32.6 Å². The predicted octanol–water partition coefficient (Wildman–Crippen LogP) is 1.93. The van der Waals surface area contributed by atoms with Gasteiger partial charge in [-0.05, 0) is 24.6 Å². The minimum atomic E-state index is -0.868. The summed E-state index contributed by atoms with van der Waals surface area (Å²) in [7, 11) is 1.61. The molecular weight excluding hydrogens is 358 g/mol. The van der Waals surface area contributed by atoms with E-state index < -0.39 is 11.9 Å². The number of nitrogens with zero attached hydrogens (tertiary/aromatic N) is 2. The summed E-state index contributed by atoms with van der Waals surface area (Å²) >= 11 is 0. The number of methoxy groups -OCH3 is 1. The molecule has 148 valence electrons. The maximum atomic E-state index is 12.7. The van der Waals surface area contributed by atoms with E-state index in [4.69, 9.17) is 4.74 Å². The molecule has 1 aliphatic rings. The van der Waals surface area contributed by atoms with E-state index in [0.717, 1.165) is 17.0 Å². The minimum Gasteiger partial charge on any atom is -0.496 e. The van der Waals surface area contributed by atoms with E-state index in [9.17, 15) is 14.7 Å². The molecule has 2 N–H and O–H groups in total. The molecular formula is C21H25N3O4. The van der Waals surface area contributed by atoms with Crippen molar-refractivity contribution < 1.29 is 19.4 Å². The van der Waals surface area contributed by atoms with E-state index >= 15 is 0 Å². The van der Waals surface area contributed by atoms with Crippen LogP contribution in [0.15, 0.2) is 48.7 Å². The molecule has 1 amide bonds. The molecule has 1 saturated heterocycles. The number of pyridine rings is 1. The topological polar surface area (TPSA) is 91.8 Å². The van der Waals surface area contributed by atoms with Crippen LogP contribution in [0.2, 0.25) is 0 Å². The van der Waals surface area contributed by atoms with Gasteiger partial charge in [0.2, 0.25) is 5.91 Å². The number of hydrogen-bond acceptors (Lipinski definition) is 5. The predicted molar refractivity (Wildman–Crippen MR) is 104 cm³/mol. The van der Waals surface area contributed by atoms with Crippen LogP contribution < -0.4 is 10.1 Å². The molecule has 28 heavy (non-hydrogen) atoms. The lowest BCUT2D eigenvalue weighted by Crippen LogP contribution is -2.47. The van der Waals surface area contributed by atoms with Gasteiger partial charge in [0.05, 0.1) is 31.2 Å². The first-order valence-electron chi connectivity index (χ1n) is 9.31. The summed E-state index contributed by atoms with van der Waals surface area (Å²) in [6.45, 7) is 1.80. The van der Waals surface area contributed by atoms with Gasteiger partial charge in [0, 0.05) is 31.4 Å². The maximum absolute atomic E-state index is 12.7. The Balaban J connectivity index is 1.67. The molecule has 0 radical (unpaired) electrons. The molecule has 1 aliphatic heterocycles. The van der Waals surface area contributed by atoms with Gasteiger partial charge in [0.25, 0.3) is 0 Å². The average Bonchev–Trinajstić information content (AvgIpc) is 2.73. The molecule has 0 aliphatic carbocycles. The normalized spacial score (nSPS) is 19.8. The number of hydrogen-bond donors (Lipinski definition) is 2. The Bertz CT molecular complexity index is 812. The summed E-state index contributed by atoms with van der Waals surface area (Å²) in [6, 6.07) is 13.2. The van der Waals surface area contributed by atoms with Crippen molar-refractivity contribution >= 4 is 11.9 Å². The molecule has 0 spiro atoms. The smallest absolute Gasteiger partial charge is 0.307 e. The van der Waals surface area contributed by atoms with Crippen molar-refractivity contribution in [2.45, 2.75) is 19.5 Å². The molecule has 0 unspecified atom stereocenters. The molecule has 1 fully saturated rings. The van der Waals surface area contributed by atoms with Crippen molar-refractivity contribution in [3.63, 3.8) is 0 Å². The number of piperidine rings is 1.